The largest absolute Gasteiger partial charge is 0.465 e. The predicted octanol–water partition coefficient (Wildman–Crippen LogP) is 1.19. The first kappa shape index (κ1) is 29.8. The van der Waals surface area contributed by atoms with Gasteiger partial charge >= 0.3 is 23.9 Å². The Morgan fingerprint density at radius 3 is 1.27 bits per heavy atom. The van der Waals surface area contributed by atoms with Crippen molar-refractivity contribution in [3.63, 3.8) is 0 Å². The van der Waals surface area contributed by atoms with Crippen LogP contribution in [0, 0.1) is 5.41 Å². The van der Waals surface area contributed by atoms with Crippen molar-refractivity contribution in [3.05, 3.63) is 68.8 Å². The Morgan fingerprint density at radius 2 is 0.975 bits per heavy atom. The van der Waals surface area contributed by atoms with Crippen molar-refractivity contribution in [2.24, 2.45) is 5.41 Å². The van der Waals surface area contributed by atoms with Gasteiger partial charge in [0.2, 0.25) is 0 Å². The lowest BCUT2D eigenvalue weighted by Crippen LogP contribution is -2.44. The third-order valence-corrected chi connectivity index (χ3v) is 5.71. The summed E-state index contributed by atoms with van der Waals surface area (Å²) in [5.41, 5.74) is -1.36. The lowest BCUT2D eigenvalue weighted by atomic mass is 9.92. The second-order valence-electron chi connectivity index (χ2n) is 8.95. The van der Waals surface area contributed by atoms with Crippen molar-refractivity contribution in [2.45, 2.75) is 38.9 Å². The number of hydrogen-bond acceptors (Lipinski definition) is 11. The molecule has 0 fully saturated rings. The summed E-state index contributed by atoms with van der Waals surface area (Å²) < 4.78 is 26.8. The third kappa shape index (κ3) is 10.6. The molecule has 214 valence electrons. The van der Waals surface area contributed by atoms with Crippen molar-refractivity contribution < 1.29 is 38.1 Å². The summed E-state index contributed by atoms with van der Waals surface area (Å²) in [4.78, 5) is 61.2. The van der Waals surface area contributed by atoms with E-state index in [-0.39, 0.29) is 45.7 Å². The number of carbonyl (C=O) groups is 4. The fourth-order valence-corrected chi connectivity index (χ4v) is 3.37. The first-order valence-electron chi connectivity index (χ1n) is 12.5. The number of ether oxygens (including phenoxy) is 4. The van der Waals surface area contributed by atoms with Crippen LogP contribution in [0.3, 0.4) is 0 Å². The summed E-state index contributed by atoms with van der Waals surface area (Å²) in [6.07, 6.45) is 15.7. The molecule has 14 heteroatoms. The maximum Gasteiger partial charge on any atom is 0.330 e. The summed E-state index contributed by atoms with van der Waals surface area (Å²) in [7, 11) is 0. The van der Waals surface area contributed by atoms with Gasteiger partial charge in [-0.15, -0.1) is 0 Å². The predicted molar refractivity (Wildman–Crippen MR) is 137 cm³/mol. The quantitative estimate of drug-likeness (QED) is 0.126. The smallest absolute Gasteiger partial charge is 0.330 e. The monoisotopic (exact) mass is 556 g/mol. The summed E-state index contributed by atoms with van der Waals surface area (Å²) in [6.45, 7) is 2.99. The van der Waals surface area contributed by atoms with Crippen molar-refractivity contribution in [1.82, 2.24) is 28.7 Å². The minimum atomic E-state index is -1.36. The van der Waals surface area contributed by atoms with Gasteiger partial charge in [-0.1, -0.05) is 6.58 Å². The molecule has 0 saturated heterocycles. The van der Waals surface area contributed by atoms with Crippen LogP contribution in [0.2, 0.25) is 0 Å². The minimum absolute atomic E-state index is 0.0360. The molecule has 3 aromatic heterocycles. The highest BCUT2D eigenvalue weighted by Gasteiger charge is 2.37. The average Bonchev–Trinajstić information content (AvgIpc) is 3.77. The lowest BCUT2D eigenvalue weighted by molar-refractivity contribution is -0.169. The van der Waals surface area contributed by atoms with Crippen LogP contribution in [0.4, 0.5) is 0 Å². The molecule has 40 heavy (non-hydrogen) atoms. The van der Waals surface area contributed by atoms with Gasteiger partial charge in [0.05, 0.1) is 38.2 Å². The maximum absolute atomic E-state index is 12.5. The van der Waals surface area contributed by atoms with Crippen LogP contribution in [0.1, 0.15) is 19.3 Å². The topological polar surface area (TPSA) is 159 Å². The van der Waals surface area contributed by atoms with Gasteiger partial charge in [-0.3, -0.25) is 14.4 Å². The first-order valence-corrected chi connectivity index (χ1v) is 12.5. The van der Waals surface area contributed by atoms with E-state index in [0.717, 1.165) is 6.08 Å². The van der Waals surface area contributed by atoms with Crippen LogP contribution in [0.5, 0.6) is 0 Å². The minimum Gasteiger partial charge on any atom is -0.465 e. The fourth-order valence-electron chi connectivity index (χ4n) is 3.37. The first-order chi connectivity index (χ1) is 19.4. The van der Waals surface area contributed by atoms with E-state index < -0.39 is 29.3 Å². The number of imidazole rings is 3. The van der Waals surface area contributed by atoms with Gasteiger partial charge in [-0.25, -0.2) is 19.7 Å². The van der Waals surface area contributed by atoms with Crippen molar-refractivity contribution in [2.75, 3.05) is 26.4 Å². The van der Waals surface area contributed by atoms with E-state index in [9.17, 15) is 19.2 Å². The molecule has 0 bridgehead atoms. The van der Waals surface area contributed by atoms with E-state index in [0.29, 0.717) is 19.6 Å². The number of esters is 4. The lowest BCUT2D eigenvalue weighted by Gasteiger charge is -2.31. The number of nitrogens with zero attached hydrogens (tertiary/aromatic N) is 6. The second kappa shape index (κ2) is 15.6. The normalized spacial score (nSPS) is 11.0. The highest BCUT2D eigenvalue weighted by atomic mass is 16.6. The summed E-state index contributed by atoms with van der Waals surface area (Å²) in [5, 5.41) is 0. The van der Waals surface area contributed by atoms with Gasteiger partial charge in [0, 0.05) is 62.9 Å². The molecule has 3 aromatic rings. The zero-order valence-corrected chi connectivity index (χ0v) is 22.0. The van der Waals surface area contributed by atoms with Gasteiger partial charge in [0.15, 0.2) is 0 Å². The molecule has 14 nitrogen and oxygen atoms in total. The molecule has 0 radical (unpaired) electrons. The molecule has 0 amide bonds. The van der Waals surface area contributed by atoms with Crippen LogP contribution in [0.25, 0.3) is 0 Å². The molecule has 0 aliphatic rings. The molecular formula is C26H32N6O8. The van der Waals surface area contributed by atoms with E-state index in [2.05, 4.69) is 21.5 Å². The third-order valence-electron chi connectivity index (χ3n) is 5.71. The van der Waals surface area contributed by atoms with Gasteiger partial charge in [-0.2, -0.15) is 0 Å². The van der Waals surface area contributed by atoms with Crippen LogP contribution in [0.15, 0.2) is 68.8 Å². The number of rotatable bonds is 18. The molecule has 0 unspecified atom stereocenters. The molecular weight excluding hydrogens is 524 g/mol. The number of aryl methyl sites for hydroxylation is 3. The fraction of sp³-hybridized carbons (Fsp3) is 0.423. The van der Waals surface area contributed by atoms with Crippen molar-refractivity contribution in [1.29, 1.82) is 0 Å². The van der Waals surface area contributed by atoms with E-state index in [1.54, 1.807) is 69.9 Å². The zero-order chi connectivity index (χ0) is 28.6. The van der Waals surface area contributed by atoms with Crippen molar-refractivity contribution >= 4 is 23.9 Å². The van der Waals surface area contributed by atoms with Crippen LogP contribution < -0.4 is 0 Å². The Labute approximate surface area is 230 Å². The molecule has 0 spiro atoms. The van der Waals surface area contributed by atoms with Gasteiger partial charge in [0.25, 0.3) is 0 Å². The molecule has 0 saturated carbocycles. The molecule has 0 aromatic carbocycles. The molecule has 0 atom stereocenters. The van der Waals surface area contributed by atoms with Gasteiger partial charge in [0.1, 0.15) is 31.8 Å². The Bertz CT molecular complexity index is 1080. The standard InChI is InChI=1S/C26H32N6O8/c1-2-22(33)37-15-26(16-38-23(34)3-9-30-12-6-27-19-30,17-39-24(35)4-10-31-13-7-28-20-31)18-40-25(36)5-11-32-14-8-29-21-32/h2,6-8,12-14,19-21H,1,3-5,9-11,15-18H2. The van der Waals surface area contributed by atoms with E-state index >= 15 is 0 Å². The SMILES string of the molecule is C=CC(=O)OCC(COC(=O)CCn1ccnc1)(COC(=O)CCn1ccnc1)COC(=O)CCn1ccnc1. The van der Waals surface area contributed by atoms with Gasteiger partial charge < -0.3 is 32.6 Å². The highest BCUT2D eigenvalue weighted by molar-refractivity contribution is 5.81. The second-order valence-corrected chi connectivity index (χ2v) is 8.95. The van der Waals surface area contributed by atoms with E-state index in [4.69, 9.17) is 18.9 Å². The molecule has 3 heterocycles. The number of hydrogen-bond donors (Lipinski definition) is 0. The van der Waals surface area contributed by atoms with Crippen LogP contribution >= 0.6 is 0 Å². The summed E-state index contributed by atoms with van der Waals surface area (Å²) >= 11 is 0. The maximum atomic E-state index is 12.5. The van der Waals surface area contributed by atoms with E-state index in [1.165, 1.54) is 0 Å². The highest BCUT2D eigenvalue weighted by Crippen LogP contribution is 2.22. The van der Waals surface area contributed by atoms with Crippen molar-refractivity contribution in [3.8, 4) is 0 Å². The molecule has 3 rings (SSSR count). The van der Waals surface area contributed by atoms with Gasteiger partial charge in [-0.05, 0) is 0 Å². The van der Waals surface area contributed by atoms with Crippen LogP contribution in [-0.2, 0) is 57.8 Å². The zero-order valence-electron chi connectivity index (χ0n) is 22.0. The Balaban J connectivity index is 1.65. The molecule has 0 aliphatic carbocycles. The summed E-state index contributed by atoms with van der Waals surface area (Å²) in [5.74, 6) is -2.39. The number of aromatic nitrogens is 6. The molecule has 0 aliphatic heterocycles. The Morgan fingerprint density at radius 1 is 0.625 bits per heavy atom. The van der Waals surface area contributed by atoms with Crippen LogP contribution in [-0.4, -0.2) is 79.0 Å². The van der Waals surface area contributed by atoms with E-state index in [1.807, 2.05) is 0 Å². The Hall–Kier alpha value is -4.75. The average molecular weight is 557 g/mol. The summed E-state index contributed by atoms with van der Waals surface area (Å²) in [6, 6.07) is 0. The Kier molecular flexibility index (Phi) is 11.6. The molecule has 0 N–H and O–H groups in total. The number of carbonyl (C=O) groups excluding carboxylic acids is 4.